The van der Waals surface area contributed by atoms with Crippen LogP contribution in [0, 0.1) is 10.1 Å². The van der Waals surface area contributed by atoms with Gasteiger partial charge in [-0.25, -0.2) is 8.42 Å². The van der Waals surface area contributed by atoms with E-state index < -0.39 is 25.5 Å². The second-order valence-corrected chi connectivity index (χ2v) is 5.83. The molecule has 0 spiro atoms. The van der Waals surface area contributed by atoms with Crippen molar-refractivity contribution in [1.82, 2.24) is 9.78 Å². The summed E-state index contributed by atoms with van der Waals surface area (Å²) in [4.78, 5) is 9.72. The van der Waals surface area contributed by atoms with Crippen LogP contribution in [0.5, 0.6) is 0 Å². The number of nitrogens with one attached hydrogen (secondary N) is 1. The Morgan fingerprint density at radius 2 is 2.19 bits per heavy atom. The minimum Gasteiger partial charge on any atom is -0.399 e. The topological polar surface area (TPSA) is 133 Å². The molecule has 0 aliphatic rings. The van der Waals surface area contributed by atoms with Crippen molar-refractivity contribution in [2.24, 2.45) is 0 Å². The zero-order chi connectivity index (χ0) is 15.6. The molecule has 21 heavy (non-hydrogen) atoms. The van der Waals surface area contributed by atoms with E-state index in [-0.39, 0.29) is 11.4 Å². The van der Waals surface area contributed by atoms with Crippen molar-refractivity contribution in [3.05, 3.63) is 40.7 Å². The average Bonchev–Trinajstić information content (AvgIpc) is 2.85. The number of nitrogens with zero attached hydrogens (tertiary/aromatic N) is 3. The van der Waals surface area contributed by atoms with Crippen LogP contribution in [-0.4, -0.2) is 23.1 Å². The number of nitro groups is 1. The molecule has 3 N–H and O–H groups in total. The molecule has 0 saturated carbocycles. The Labute approximate surface area is 120 Å². The van der Waals surface area contributed by atoms with Gasteiger partial charge in [0.1, 0.15) is 0 Å². The molecule has 0 radical (unpaired) electrons. The Morgan fingerprint density at radius 1 is 1.48 bits per heavy atom. The van der Waals surface area contributed by atoms with Crippen LogP contribution in [0.4, 0.5) is 17.1 Å². The number of sulfonamides is 1. The highest BCUT2D eigenvalue weighted by Crippen LogP contribution is 2.27. The Bertz CT molecular complexity index is 784. The number of hydrogen-bond donors (Lipinski definition) is 2. The van der Waals surface area contributed by atoms with Crippen molar-refractivity contribution >= 4 is 27.1 Å². The van der Waals surface area contributed by atoms with Crippen LogP contribution < -0.4 is 10.5 Å². The lowest BCUT2D eigenvalue weighted by Gasteiger charge is -2.07. The van der Waals surface area contributed by atoms with Crippen molar-refractivity contribution in [2.45, 2.75) is 18.4 Å². The van der Waals surface area contributed by atoms with Gasteiger partial charge in [0.25, 0.3) is 15.7 Å². The summed E-state index contributed by atoms with van der Waals surface area (Å²) >= 11 is 0. The molecule has 9 nitrogen and oxygen atoms in total. The molecular formula is C11H13N5O4S. The van der Waals surface area contributed by atoms with Gasteiger partial charge in [-0.1, -0.05) is 0 Å². The summed E-state index contributed by atoms with van der Waals surface area (Å²) in [5, 5.41) is 14.9. The maximum atomic E-state index is 12.2. The number of aromatic nitrogens is 2. The fourth-order valence-corrected chi connectivity index (χ4v) is 2.89. The summed E-state index contributed by atoms with van der Waals surface area (Å²) in [6, 6.07) is 3.39. The van der Waals surface area contributed by atoms with E-state index in [1.54, 1.807) is 0 Å². The third-order valence-electron chi connectivity index (χ3n) is 2.68. The van der Waals surface area contributed by atoms with Crippen LogP contribution in [0.25, 0.3) is 0 Å². The molecule has 0 saturated heterocycles. The maximum absolute atomic E-state index is 12.2. The zero-order valence-corrected chi connectivity index (χ0v) is 11.9. The second kappa shape index (κ2) is 5.40. The van der Waals surface area contributed by atoms with Gasteiger partial charge in [0, 0.05) is 24.5 Å². The smallest absolute Gasteiger partial charge is 0.291 e. The van der Waals surface area contributed by atoms with Gasteiger partial charge in [-0.05, 0) is 19.1 Å². The largest absolute Gasteiger partial charge is 0.399 e. The van der Waals surface area contributed by atoms with Gasteiger partial charge in [0.2, 0.25) is 0 Å². The Balaban J connectivity index is 2.42. The van der Waals surface area contributed by atoms with Gasteiger partial charge >= 0.3 is 0 Å². The SMILES string of the molecule is CCn1cc(NS(=O)(=O)c2ccc(N)cc2[N+](=O)[O-])cn1. The summed E-state index contributed by atoms with van der Waals surface area (Å²) in [5.74, 6) is 0. The fourth-order valence-electron chi connectivity index (χ4n) is 1.70. The summed E-state index contributed by atoms with van der Waals surface area (Å²) in [6.07, 6.45) is 2.81. The molecule has 2 rings (SSSR count). The van der Waals surface area contributed by atoms with Crippen LogP contribution in [0.3, 0.4) is 0 Å². The molecule has 2 aromatic rings. The van der Waals surface area contributed by atoms with Gasteiger partial charge in [0.05, 0.1) is 16.8 Å². The Morgan fingerprint density at radius 3 is 2.76 bits per heavy atom. The van der Waals surface area contributed by atoms with E-state index in [9.17, 15) is 18.5 Å². The number of anilines is 2. The van der Waals surface area contributed by atoms with E-state index in [0.717, 1.165) is 12.1 Å². The number of benzene rings is 1. The zero-order valence-electron chi connectivity index (χ0n) is 11.1. The van der Waals surface area contributed by atoms with E-state index in [1.165, 1.54) is 23.1 Å². The quantitative estimate of drug-likeness (QED) is 0.484. The van der Waals surface area contributed by atoms with Crippen LogP contribution in [0.2, 0.25) is 0 Å². The van der Waals surface area contributed by atoms with Crippen molar-refractivity contribution in [3.63, 3.8) is 0 Å². The highest BCUT2D eigenvalue weighted by molar-refractivity contribution is 7.92. The van der Waals surface area contributed by atoms with Crippen LogP contribution in [0.1, 0.15) is 6.92 Å². The second-order valence-electron chi connectivity index (χ2n) is 4.17. The predicted molar refractivity (Wildman–Crippen MR) is 76.2 cm³/mol. The number of aryl methyl sites for hydroxylation is 1. The lowest BCUT2D eigenvalue weighted by atomic mass is 10.3. The minimum atomic E-state index is -4.10. The number of hydrogen-bond acceptors (Lipinski definition) is 6. The van der Waals surface area contributed by atoms with Crippen LogP contribution in [0.15, 0.2) is 35.5 Å². The molecule has 10 heteroatoms. The highest BCUT2D eigenvalue weighted by Gasteiger charge is 2.26. The molecule has 0 bridgehead atoms. The predicted octanol–water partition coefficient (Wildman–Crippen LogP) is 1.19. The van der Waals surface area contributed by atoms with Crippen LogP contribution >= 0.6 is 0 Å². The van der Waals surface area contributed by atoms with E-state index in [1.807, 2.05) is 6.92 Å². The highest BCUT2D eigenvalue weighted by atomic mass is 32.2. The van der Waals surface area contributed by atoms with E-state index >= 15 is 0 Å². The van der Waals surface area contributed by atoms with E-state index in [4.69, 9.17) is 5.73 Å². The van der Waals surface area contributed by atoms with Crippen molar-refractivity contribution in [1.29, 1.82) is 0 Å². The monoisotopic (exact) mass is 311 g/mol. The lowest BCUT2D eigenvalue weighted by Crippen LogP contribution is -2.14. The number of rotatable bonds is 5. The number of nitrogen functional groups attached to an aromatic ring is 1. The summed E-state index contributed by atoms with van der Waals surface area (Å²) in [6.45, 7) is 2.42. The first-order valence-corrected chi connectivity index (χ1v) is 7.41. The molecule has 0 atom stereocenters. The fraction of sp³-hybridized carbons (Fsp3) is 0.182. The molecular weight excluding hydrogens is 298 g/mol. The molecule has 1 heterocycles. The Hall–Kier alpha value is -2.62. The summed E-state index contributed by atoms with van der Waals surface area (Å²) in [7, 11) is -4.10. The number of nitro benzene ring substituents is 1. The summed E-state index contributed by atoms with van der Waals surface area (Å²) in [5.41, 5.74) is 5.21. The molecule has 0 amide bonds. The molecule has 0 aliphatic carbocycles. The van der Waals surface area contributed by atoms with E-state index in [0.29, 0.717) is 6.54 Å². The molecule has 1 aromatic heterocycles. The van der Waals surface area contributed by atoms with E-state index in [2.05, 4.69) is 9.82 Å². The maximum Gasteiger partial charge on any atom is 0.291 e. The van der Waals surface area contributed by atoms with Gasteiger partial charge in [-0.2, -0.15) is 5.10 Å². The average molecular weight is 311 g/mol. The standard InChI is InChI=1S/C11H13N5O4S/c1-2-15-7-9(6-13-15)14-21(19,20)11-4-3-8(12)5-10(11)16(17)18/h3-7,14H,2,12H2,1H3. The first-order valence-electron chi connectivity index (χ1n) is 5.92. The van der Waals surface area contributed by atoms with Gasteiger partial charge in [-0.15, -0.1) is 0 Å². The minimum absolute atomic E-state index is 0.111. The normalized spacial score (nSPS) is 11.3. The number of nitrogens with two attached hydrogens (primary N) is 1. The first kappa shape index (κ1) is 14.8. The van der Waals surface area contributed by atoms with Crippen molar-refractivity contribution < 1.29 is 13.3 Å². The van der Waals surface area contributed by atoms with Crippen molar-refractivity contribution in [2.75, 3.05) is 10.5 Å². The first-order chi connectivity index (χ1) is 9.83. The van der Waals surface area contributed by atoms with Gasteiger partial charge in [0.15, 0.2) is 4.90 Å². The molecule has 1 aromatic carbocycles. The van der Waals surface area contributed by atoms with Crippen molar-refractivity contribution in [3.8, 4) is 0 Å². The summed E-state index contributed by atoms with van der Waals surface area (Å²) < 4.78 is 28.3. The third kappa shape index (κ3) is 3.11. The molecule has 0 aliphatic heterocycles. The molecule has 0 fully saturated rings. The van der Waals surface area contributed by atoms with Gasteiger partial charge in [-0.3, -0.25) is 19.5 Å². The molecule has 112 valence electrons. The van der Waals surface area contributed by atoms with Crippen LogP contribution in [-0.2, 0) is 16.6 Å². The third-order valence-corrected chi connectivity index (χ3v) is 4.11. The molecule has 0 unspecified atom stereocenters. The van der Waals surface area contributed by atoms with Gasteiger partial charge < -0.3 is 5.73 Å². The Kier molecular flexibility index (Phi) is 3.80. The lowest BCUT2D eigenvalue weighted by molar-refractivity contribution is -0.387.